The van der Waals surface area contributed by atoms with Gasteiger partial charge in [0.15, 0.2) is 0 Å². The number of hydrogen-bond donors (Lipinski definition) is 2. The second kappa shape index (κ2) is 5.19. The minimum atomic E-state index is -0.571. The quantitative estimate of drug-likeness (QED) is 0.514. The Morgan fingerprint density at radius 3 is 2.84 bits per heavy atom. The van der Waals surface area contributed by atoms with Gasteiger partial charge >= 0.3 is 0 Å². The molecule has 0 unspecified atom stereocenters. The van der Waals surface area contributed by atoms with E-state index < -0.39 is 10.8 Å². The predicted octanol–water partition coefficient (Wildman–Crippen LogP) is 2.64. The van der Waals surface area contributed by atoms with Gasteiger partial charge in [-0.1, -0.05) is 0 Å². The molecule has 2 aromatic rings. The maximum absolute atomic E-state index is 11.8. The van der Waals surface area contributed by atoms with Gasteiger partial charge in [0.05, 0.1) is 23.0 Å². The summed E-state index contributed by atoms with van der Waals surface area (Å²) in [6.07, 6.45) is 2.66. The van der Waals surface area contributed by atoms with E-state index in [4.69, 9.17) is 0 Å². The van der Waals surface area contributed by atoms with Gasteiger partial charge in [0, 0.05) is 6.07 Å². The first-order valence-electron chi connectivity index (χ1n) is 5.23. The van der Waals surface area contributed by atoms with Crippen molar-refractivity contribution in [3.8, 4) is 0 Å². The van der Waals surface area contributed by atoms with Crippen molar-refractivity contribution in [3.63, 3.8) is 0 Å². The fourth-order valence-electron chi connectivity index (χ4n) is 1.44. The van der Waals surface area contributed by atoms with Crippen molar-refractivity contribution in [2.75, 3.05) is 5.32 Å². The molecule has 2 heterocycles. The fourth-order valence-corrected chi connectivity index (χ4v) is 1.66. The largest absolute Gasteiger partial charge is 0.351 e. The first kappa shape index (κ1) is 13.2. The Morgan fingerprint density at radius 1 is 1.53 bits per heavy atom. The second-order valence-corrected chi connectivity index (χ2v) is 4.57. The van der Waals surface area contributed by atoms with Crippen molar-refractivity contribution >= 4 is 33.2 Å². The number of carbonyl (C=O) groups excluding carboxylic acids is 1. The average molecular weight is 325 g/mol. The standard InChI is InChI=1S/C11H9BrN4O3/c1-6-2-7(4-14-10(6)12)15-11(17)9-3-8(5-13-9)16(18)19/h2-5,13H,1H3,(H,15,17). The van der Waals surface area contributed by atoms with E-state index in [1.54, 1.807) is 6.07 Å². The van der Waals surface area contributed by atoms with Gasteiger partial charge < -0.3 is 10.3 Å². The molecule has 0 radical (unpaired) electrons. The smallest absolute Gasteiger partial charge is 0.287 e. The third kappa shape index (κ3) is 2.97. The number of amides is 1. The average Bonchev–Trinajstić information content (AvgIpc) is 2.83. The zero-order chi connectivity index (χ0) is 14.0. The summed E-state index contributed by atoms with van der Waals surface area (Å²) in [7, 11) is 0. The van der Waals surface area contributed by atoms with E-state index in [1.165, 1.54) is 18.5 Å². The molecular formula is C11H9BrN4O3. The van der Waals surface area contributed by atoms with Crippen LogP contribution in [0.2, 0.25) is 0 Å². The number of nitro groups is 1. The summed E-state index contributed by atoms with van der Waals surface area (Å²) in [5, 5.41) is 13.1. The highest BCUT2D eigenvalue weighted by Gasteiger charge is 2.14. The summed E-state index contributed by atoms with van der Waals surface area (Å²) in [5.74, 6) is -0.461. The van der Waals surface area contributed by atoms with Crippen molar-refractivity contribution in [1.82, 2.24) is 9.97 Å². The first-order valence-corrected chi connectivity index (χ1v) is 6.03. The second-order valence-electron chi connectivity index (χ2n) is 3.81. The lowest BCUT2D eigenvalue weighted by atomic mass is 10.3. The number of aromatic amines is 1. The fraction of sp³-hybridized carbons (Fsp3) is 0.0909. The minimum absolute atomic E-state index is 0.118. The number of aryl methyl sites for hydroxylation is 1. The zero-order valence-electron chi connectivity index (χ0n) is 9.81. The van der Waals surface area contributed by atoms with Crippen molar-refractivity contribution in [2.24, 2.45) is 0 Å². The van der Waals surface area contributed by atoms with Crippen LogP contribution in [0.1, 0.15) is 16.1 Å². The van der Waals surface area contributed by atoms with Gasteiger partial charge in [0.25, 0.3) is 11.6 Å². The molecule has 98 valence electrons. The molecule has 0 fully saturated rings. The summed E-state index contributed by atoms with van der Waals surface area (Å²) >= 11 is 3.25. The van der Waals surface area contributed by atoms with Crippen molar-refractivity contribution in [2.45, 2.75) is 6.92 Å². The monoisotopic (exact) mass is 324 g/mol. The van der Waals surface area contributed by atoms with Gasteiger partial charge in [-0.3, -0.25) is 14.9 Å². The lowest BCUT2D eigenvalue weighted by Gasteiger charge is -2.04. The maximum Gasteiger partial charge on any atom is 0.287 e. The molecule has 7 nitrogen and oxygen atoms in total. The Bertz CT molecular complexity index is 653. The van der Waals surface area contributed by atoms with Crippen LogP contribution in [-0.2, 0) is 0 Å². The van der Waals surface area contributed by atoms with Gasteiger partial charge in [0.1, 0.15) is 10.3 Å². The summed E-state index contributed by atoms with van der Waals surface area (Å²) in [5.41, 5.74) is 1.35. The molecule has 0 bridgehead atoms. The number of H-pyrrole nitrogens is 1. The molecule has 8 heteroatoms. The molecule has 2 N–H and O–H groups in total. The zero-order valence-corrected chi connectivity index (χ0v) is 11.4. The number of carbonyl (C=O) groups is 1. The molecule has 2 rings (SSSR count). The predicted molar refractivity (Wildman–Crippen MR) is 72.1 cm³/mol. The highest BCUT2D eigenvalue weighted by atomic mass is 79.9. The maximum atomic E-state index is 11.8. The SMILES string of the molecule is Cc1cc(NC(=O)c2cc([N+](=O)[O-])c[nH]2)cnc1Br. The molecule has 0 saturated heterocycles. The Morgan fingerprint density at radius 2 is 2.26 bits per heavy atom. The lowest BCUT2D eigenvalue weighted by molar-refractivity contribution is -0.384. The van der Waals surface area contributed by atoms with Crippen LogP contribution in [-0.4, -0.2) is 20.8 Å². The highest BCUT2D eigenvalue weighted by molar-refractivity contribution is 9.10. The number of anilines is 1. The van der Waals surface area contributed by atoms with Crippen LogP contribution in [0.5, 0.6) is 0 Å². The van der Waals surface area contributed by atoms with Crippen molar-refractivity contribution in [1.29, 1.82) is 0 Å². The number of nitrogens with zero attached hydrogens (tertiary/aromatic N) is 2. The normalized spacial score (nSPS) is 10.2. The Kier molecular flexibility index (Phi) is 3.61. The van der Waals surface area contributed by atoms with E-state index in [2.05, 4.69) is 31.2 Å². The molecule has 0 aromatic carbocycles. The third-order valence-corrected chi connectivity index (χ3v) is 3.23. The Balaban J connectivity index is 2.15. The molecule has 0 atom stereocenters. The first-order chi connectivity index (χ1) is 8.97. The van der Waals surface area contributed by atoms with E-state index in [-0.39, 0.29) is 11.4 Å². The van der Waals surface area contributed by atoms with Crippen LogP contribution < -0.4 is 5.32 Å². The van der Waals surface area contributed by atoms with Crippen molar-refractivity contribution in [3.05, 3.63) is 50.5 Å². The molecule has 2 aromatic heterocycles. The van der Waals surface area contributed by atoms with E-state index in [0.717, 1.165) is 5.56 Å². The molecule has 0 aliphatic carbocycles. The topological polar surface area (TPSA) is 101 Å². The van der Waals surface area contributed by atoms with Gasteiger partial charge in [-0.25, -0.2) is 4.98 Å². The highest BCUT2D eigenvalue weighted by Crippen LogP contribution is 2.18. The molecular weight excluding hydrogens is 316 g/mol. The number of hydrogen-bond acceptors (Lipinski definition) is 4. The molecule has 0 spiro atoms. The van der Waals surface area contributed by atoms with Crippen LogP contribution >= 0.6 is 15.9 Å². The van der Waals surface area contributed by atoms with E-state index in [9.17, 15) is 14.9 Å². The molecule has 0 saturated carbocycles. The number of rotatable bonds is 3. The molecule has 0 aliphatic heterocycles. The summed E-state index contributed by atoms with van der Waals surface area (Å²) in [4.78, 5) is 28.4. The van der Waals surface area contributed by atoms with Crippen LogP contribution in [0.15, 0.2) is 29.1 Å². The third-order valence-electron chi connectivity index (χ3n) is 2.40. The molecule has 19 heavy (non-hydrogen) atoms. The van der Waals surface area contributed by atoms with Gasteiger partial charge in [-0.2, -0.15) is 0 Å². The van der Waals surface area contributed by atoms with E-state index in [0.29, 0.717) is 10.3 Å². The number of pyridine rings is 1. The number of aromatic nitrogens is 2. The van der Waals surface area contributed by atoms with Gasteiger partial charge in [-0.15, -0.1) is 0 Å². The molecule has 0 aliphatic rings. The van der Waals surface area contributed by atoms with Crippen LogP contribution in [0.25, 0.3) is 0 Å². The summed E-state index contributed by atoms with van der Waals surface area (Å²) < 4.78 is 0.695. The van der Waals surface area contributed by atoms with Crippen LogP contribution in [0.3, 0.4) is 0 Å². The van der Waals surface area contributed by atoms with Gasteiger partial charge in [0.2, 0.25) is 0 Å². The summed E-state index contributed by atoms with van der Waals surface area (Å²) in [6, 6.07) is 2.92. The Hall–Kier alpha value is -2.22. The lowest BCUT2D eigenvalue weighted by Crippen LogP contribution is -2.12. The minimum Gasteiger partial charge on any atom is -0.351 e. The number of nitrogens with one attached hydrogen (secondary N) is 2. The van der Waals surface area contributed by atoms with E-state index in [1.807, 2.05) is 6.92 Å². The Labute approximate surface area is 116 Å². The van der Waals surface area contributed by atoms with Crippen molar-refractivity contribution < 1.29 is 9.72 Å². The van der Waals surface area contributed by atoms with Gasteiger partial charge in [-0.05, 0) is 34.5 Å². The van der Waals surface area contributed by atoms with E-state index >= 15 is 0 Å². The van der Waals surface area contributed by atoms with Crippen LogP contribution in [0.4, 0.5) is 11.4 Å². The number of halogens is 1. The van der Waals surface area contributed by atoms with Crippen LogP contribution in [0, 0.1) is 17.0 Å². The molecule has 1 amide bonds. The summed E-state index contributed by atoms with van der Waals surface area (Å²) in [6.45, 7) is 1.84.